The largest absolute Gasteiger partial charge is 0.488 e. The SMILES string of the molecule is O=C1[C@@H]2[C@H]3C=C[C@@H]([C@@H]4C[C@@H]34)[C@@H]2C(=O)N1N=Cc1ccc(OCc2ccccc2Cl)c(Br)c1. The van der Waals surface area contributed by atoms with Crippen molar-refractivity contribution in [2.45, 2.75) is 13.0 Å². The van der Waals surface area contributed by atoms with Gasteiger partial charge in [-0.25, -0.2) is 0 Å². The molecule has 1 saturated heterocycles. The number of rotatable bonds is 5. The third kappa shape index (κ3) is 3.15. The molecule has 5 nitrogen and oxygen atoms in total. The predicted molar refractivity (Wildman–Crippen MR) is 124 cm³/mol. The van der Waals surface area contributed by atoms with Crippen LogP contribution in [0.15, 0.2) is 64.2 Å². The second kappa shape index (κ2) is 7.56. The van der Waals surface area contributed by atoms with E-state index < -0.39 is 0 Å². The van der Waals surface area contributed by atoms with Gasteiger partial charge < -0.3 is 4.74 Å². The van der Waals surface area contributed by atoms with E-state index in [4.69, 9.17) is 16.3 Å². The molecule has 0 aromatic heterocycles. The number of hydrogen-bond acceptors (Lipinski definition) is 4. The quantitative estimate of drug-likeness (QED) is 0.320. The van der Waals surface area contributed by atoms with E-state index in [-0.39, 0.29) is 35.5 Å². The summed E-state index contributed by atoms with van der Waals surface area (Å²) < 4.78 is 6.63. The van der Waals surface area contributed by atoms with Gasteiger partial charge in [0.05, 0.1) is 22.5 Å². The van der Waals surface area contributed by atoms with Gasteiger partial charge in [-0.05, 0) is 75.9 Å². The van der Waals surface area contributed by atoms with Crippen molar-refractivity contribution in [2.24, 2.45) is 40.6 Å². The Balaban J connectivity index is 1.16. The van der Waals surface area contributed by atoms with E-state index >= 15 is 0 Å². The number of allylic oxidation sites excluding steroid dienone is 2. The summed E-state index contributed by atoms with van der Waals surface area (Å²) in [5.74, 6) is 1.48. The van der Waals surface area contributed by atoms with Crippen LogP contribution in [0.5, 0.6) is 5.75 Å². The Morgan fingerprint density at radius 2 is 1.75 bits per heavy atom. The van der Waals surface area contributed by atoms with Gasteiger partial charge in [0.2, 0.25) is 0 Å². The van der Waals surface area contributed by atoms with Crippen molar-refractivity contribution in [2.75, 3.05) is 0 Å². The summed E-state index contributed by atoms with van der Waals surface area (Å²) in [6.45, 7) is 0.351. The highest BCUT2D eigenvalue weighted by Gasteiger charge is 2.67. The molecule has 2 saturated carbocycles. The molecule has 2 bridgehead atoms. The molecule has 6 atom stereocenters. The molecule has 1 aliphatic heterocycles. The zero-order valence-corrected chi connectivity index (χ0v) is 19.4. The van der Waals surface area contributed by atoms with Crippen LogP contribution in [0.2, 0.25) is 5.02 Å². The maximum atomic E-state index is 13.0. The van der Waals surface area contributed by atoms with Crippen LogP contribution < -0.4 is 4.74 Å². The zero-order valence-electron chi connectivity index (χ0n) is 17.0. The van der Waals surface area contributed by atoms with Crippen LogP contribution in [0, 0.1) is 35.5 Å². The molecule has 4 aliphatic carbocycles. The molecule has 0 unspecified atom stereocenters. The summed E-state index contributed by atoms with van der Waals surface area (Å²) in [6.07, 6.45) is 7.04. The Morgan fingerprint density at radius 1 is 1.06 bits per heavy atom. The van der Waals surface area contributed by atoms with Gasteiger partial charge in [0.1, 0.15) is 12.4 Å². The fourth-order valence-electron chi connectivity index (χ4n) is 5.66. The standard InChI is InChI=1S/C25H20BrClN2O3/c26-19-9-13(5-8-21(19)32-12-14-3-1-2-4-20(14)27)11-28-29-24(30)22-15-6-7-16(18-10-17(15)18)23(22)25(29)31/h1-9,11,15-18,22-23H,10,12H2/t15-,16-,17-,18-,22-,23+/m0/s1. The Kier molecular flexibility index (Phi) is 4.77. The Bertz CT molecular complexity index is 1160. The van der Waals surface area contributed by atoms with Crippen LogP contribution in [0.1, 0.15) is 17.5 Å². The summed E-state index contributed by atoms with van der Waals surface area (Å²) in [4.78, 5) is 26.0. The van der Waals surface area contributed by atoms with Crippen molar-refractivity contribution in [1.29, 1.82) is 0 Å². The molecule has 162 valence electrons. The highest BCUT2D eigenvalue weighted by Crippen LogP contribution is 2.65. The van der Waals surface area contributed by atoms with E-state index in [1.807, 2.05) is 42.5 Å². The fourth-order valence-corrected chi connectivity index (χ4v) is 6.37. The summed E-state index contributed by atoms with van der Waals surface area (Å²) >= 11 is 9.71. The Labute approximate surface area is 199 Å². The Hall–Kier alpha value is -2.44. The predicted octanol–water partition coefficient (Wildman–Crippen LogP) is 5.07. The van der Waals surface area contributed by atoms with E-state index in [1.54, 1.807) is 6.21 Å². The van der Waals surface area contributed by atoms with Crippen LogP contribution in [0.25, 0.3) is 0 Å². The van der Waals surface area contributed by atoms with Gasteiger partial charge in [-0.2, -0.15) is 10.1 Å². The first-order chi connectivity index (χ1) is 15.5. The second-order valence-electron chi connectivity index (χ2n) is 8.96. The minimum atomic E-state index is -0.231. The lowest BCUT2D eigenvalue weighted by Crippen LogP contribution is -2.40. The smallest absolute Gasteiger partial charge is 0.254 e. The van der Waals surface area contributed by atoms with Crippen molar-refractivity contribution < 1.29 is 14.3 Å². The number of hydrazone groups is 1. The van der Waals surface area contributed by atoms with E-state index in [0.29, 0.717) is 29.2 Å². The summed E-state index contributed by atoms with van der Waals surface area (Å²) in [6, 6.07) is 13.1. The van der Waals surface area contributed by atoms with Gasteiger partial charge in [0.25, 0.3) is 11.8 Å². The summed E-state index contributed by atoms with van der Waals surface area (Å²) in [7, 11) is 0. The molecule has 3 fully saturated rings. The zero-order chi connectivity index (χ0) is 22.0. The molecule has 1 heterocycles. The number of ether oxygens (including phenoxy) is 1. The molecule has 32 heavy (non-hydrogen) atoms. The minimum Gasteiger partial charge on any atom is -0.488 e. The van der Waals surface area contributed by atoms with Crippen molar-refractivity contribution in [3.63, 3.8) is 0 Å². The monoisotopic (exact) mass is 510 g/mol. The van der Waals surface area contributed by atoms with Gasteiger partial charge in [-0.15, -0.1) is 0 Å². The van der Waals surface area contributed by atoms with E-state index in [9.17, 15) is 9.59 Å². The van der Waals surface area contributed by atoms with Gasteiger partial charge >= 0.3 is 0 Å². The van der Waals surface area contributed by atoms with E-state index in [0.717, 1.165) is 27.0 Å². The molecule has 5 aliphatic rings. The average molecular weight is 512 g/mol. The molecule has 0 radical (unpaired) electrons. The van der Waals surface area contributed by atoms with Gasteiger partial charge in [0.15, 0.2) is 0 Å². The second-order valence-corrected chi connectivity index (χ2v) is 10.2. The van der Waals surface area contributed by atoms with Crippen molar-refractivity contribution >= 4 is 45.6 Å². The van der Waals surface area contributed by atoms with Crippen molar-refractivity contribution in [3.05, 3.63) is 75.2 Å². The fraction of sp³-hybridized carbons (Fsp3) is 0.320. The van der Waals surface area contributed by atoms with Crippen LogP contribution >= 0.6 is 27.5 Å². The summed E-state index contributed by atoms with van der Waals surface area (Å²) in [5.41, 5.74) is 1.67. The Morgan fingerprint density at radius 3 is 2.41 bits per heavy atom. The maximum absolute atomic E-state index is 13.0. The van der Waals surface area contributed by atoms with Gasteiger partial charge in [0, 0.05) is 10.6 Å². The van der Waals surface area contributed by atoms with Crippen molar-refractivity contribution in [1.82, 2.24) is 5.01 Å². The lowest BCUT2D eigenvalue weighted by Gasteiger charge is -2.37. The topological polar surface area (TPSA) is 59.0 Å². The molecule has 7 heteroatoms. The third-order valence-corrected chi connectivity index (χ3v) is 8.25. The highest BCUT2D eigenvalue weighted by atomic mass is 79.9. The first kappa shape index (κ1) is 20.2. The highest BCUT2D eigenvalue weighted by molar-refractivity contribution is 9.10. The van der Waals surface area contributed by atoms with Gasteiger partial charge in [-0.1, -0.05) is 42.0 Å². The molecule has 2 aromatic rings. The first-order valence-electron chi connectivity index (χ1n) is 10.8. The molecule has 2 aromatic carbocycles. The maximum Gasteiger partial charge on any atom is 0.254 e. The number of benzene rings is 2. The van der Waals surface area contributed by atoms with Crippen molar-refractivity contribution in [3.8, 4) is 5.75 Å². The lowest BCUT2D eigenvalue weighted by molar-refractivity contribution is -0.140. The third-order valence-electron chi connectivity index (χ3n) is 7.26. The number of carbonyl (C=O) groups excluding carboxylic acids is 2. The van der Waals surface area contributed by atoms with E-state index in [2.05, 4.69) is 33.2 Å². The number of halogens is 2. The number of amides is 2. The molecule has 0 N–H and O–H groups in total. The first-order valence-corrected chi connectivity index (χ1v) is 12.0. The molecular weight excluding hydrogens is 492 g/mol. The van der Waals surface area contributed by atoms with Crippen LogP contribution in [-0.4, -0.2) is 23.0 Å². The summed E-state index contributed by atoms with van der Waals surface area (Å²) in [5, 5.41) is 6.06. The minimum absolute atomic E-state index is 0.153. The normalized spacial score (nSPS) is 31.9. The van der Waals surface area contributed by atoms with Gasteiger partial charge in [-0.3, -0.25) is 9.59 Å². The van der Waals surface area contributed by atoms with Crippen LogP contribution in [-0.2, 0) is 16.2 Å². The molecule has 2 amide bonds. The van der Waals surface area contributed by atoms with Crippen LogP contribution in [0.3, 0.4) is 0 Å². The number of hydrogen-bond donors (Lipinski definition) is 0. The number of carbonyl (C=O) groups is 2. The molecule has 7 rings (SSSR count). The number of nitrogens with zero attached hydrogens (tertiary/aromatic N) is 2. The average Bonchev–Trinajstić information content (AvgIpc) is 3.57. The van der Waals surface area contributed by atoms with E-state index in [1.165, 1.54) is 0 Å². The van der Waals surface area contributed by atoms with Crippen LogP contribution in [0.4, 0.5) is 0 Å². The molecule has 0 spiro atoms. The number of imide groups is 1. The lowest BCUT2D eigenvalue weighted by atomic mass is 9.63. The molecular formula is C25H20BrClN2O3.